The molecular weight excluding hydrogens is 440 g/mol. The second-order valence-electron chi connectivity index (χ2n) is 7.19. The molecule has 3 aromatic carbocycles. The molecule has 0 bridgehead atoms. The first-order valence-electron chi connectivity index (χ1n) is 9.89. The minimum absolute atomic E-state index is 0.00965. The van der Waals surface area contributed by atoms with Gasteiger partial charge in [-0.25, -0.2) is 4.98 Å². The lowest BCUT2D eigenvalue weighted by Gasteiger charge is -2.06. The second-order valence-corrected chi connectivity index (χ2v) is 8.66. The molecule has 7 heteroatoms. The lowest BCUT2D eigenvalue weighted by molar-refractivity contribution is -0.117. The van der Waals surface area contributed by atoms with Gasteiger partial charge < -0.3 is 10.6 Å². The Balaban J connectivity index is 1.40. The Kier molecular flexibility index (Phi) is 6.50. The predicted octanol–water partition coefficient (Wildman–Crippen LogP) is 6.06. The quantitative estimate of drug-likeness (QED) is 0.272. The van der Waals surface area contributed by atoms with Gasteiger partial charge in [-0.2, -0.15) is 5.26 Å². The summed E-state index contributed by atoms with van der Waals surface area (Å²) in [5, 5.41) is 16.7. The van der Waals surface area contributed by atoms with E-state index in [1.165, 1.54) is 11.8 Å². The molecule has 0 atom stereocenters. The topological polar surface area (TPSA) is 77.8 Å². The van der Waals surface area contributed by atoms with Crippen LogP contribution in [0.4, 0.5) is 5.69 Å². The Morgan fingerprint density at radius 3 is 2.59 bits per heavy atom. The van der Waals surface area contributed by atoms with Gasteiger partial charge in [0.05, 0.1) is 10.2 Å². The van der Waals surface area contributed by atoms with Crippen molar-refractivity contribution in [3.63, 3.8) is 0 Å². The van der Waals surface area contributed by atoms with E-state index in [1.807, 2.05) is 48.5 Å². The average molecular weight is 459 g/mol. The van der Waals surface area contributed by atoms with Gasteiger partial charge in [0.1, 0.15) is 16.6 Å². The Hall–Kier alpha value is -3.66. The molecule has 32 heavy (non-hydrogen) atoms. The number of fused-ring (bicyclic) bond motifs is 1. The van der Waals surface area contributed by atoms with Gasteiger partial charge in [-0.3, -0.25) is 4.79 Å². The summed E-state index contributed by atoms with van der Waals surface area (Å²) in [7, 11) is 0. The van der Waals surface area contributed by atoms with Crippen LogP contribution in [0, 0.1) is 18.3 Å². The normalized spacial score (nSPS) is 11.2. The highest BCUT2D eigenvalue weighted by molar-refractivity contribution is 7.21. The Morgan fingerprint density at radius 2 is 1.88 bits per heavy atom. The molecule has 1 heterocycles. The molecule has 5 nitrogen and oxygen atoms in total. The molecule has 1 aromatic heterocycles. The lowest BCUT2D eigenvalue weighted by atomic mass is 10.2. The molecule has 0 saturated heterocycles. The molecular formula is C25H19ClN4OS. The highest BCUT2D eigenvalue weighted by atomic mass is 35.5. The SMILES string of the molecule is Cc1ccc2nc(-c3ccc(N/C=C(/C#N)C(=O)NCc4ccc(Cl)cc4)cc3)sc2c1. The van der Waals surface area contributed by atoms with Crippen LogP contribution in [0.1, 0.15) is 11.1 Å². The van der Waals surface area contributed by atoms with E-state index in [0.29, 0.717) is 11.6 Å². The Labute approximate surface area is 195 Å². The molecule has 0 spiro atoms. The molecule has 4 aromatic rings. The number of benzene rings is 3. The van der Waals surface area contributed by atoms with Crippen molar-refractivity contribution in [2.45, 2.75) is 13.5 Å². The van der Waals surface area contributed by atoms with Crippen molar-refractivity contribution in [2.75, 3.05) is 5.32 Å². The summed E-state index contributed by atoms with van der Waals surface area (Å²) in [6, 6.07) is 23.0. The number of amides is 1. The number of nitriles is 1. The summed E-state index contributed by atoms with van der Waals surface area (Å²) in [6.07, 6.45) is 1.41. The predicted molar refractivity (Wildman–Crippen MR) is 130 cm³/mol. The first-order chi connectivity index (χ1) is 15.5. The number of thiazole rings is 1. The zero-order chi connectivity index (χ0) is 22.5. The Bertz CT molecular complexity index is 1340. The van der Waals surface area contributed by atoms with Gasteiger partial charge in [0.2, 0.25) is 0 Å². The van der Waals surface area contributed by atoms with Gasteiger partial charge in [-0.05, 0) is 66.6 Å². The molecule has 0 radical (unpaired) electrons. The van der Waals surface area contributed by atoms with E-state index in [1.54, 1.807) is 23.5 Å². The highest BCUT2D eigenvalue weighted by Gasteiger charge is 2.09. The van der Waals surface area contributed by atoms with Crippen LogP contribution in [0.15, 0.2) is 78.5 Å². The first kappa shape index (κ1) is 21.6. The van der Waals surface area contributed by atoms with Crippen LogP contribution in [0.2, 0.25) is 5.02 Å². The molecule has 1 amide bonds. The van der Waals surface area contributed by atoms with E-state index in [4.69, 9.17) is 16.6 Å². The number of anilines is 1. The van der Waals surface area contributed by atoms with Gasteiger partial charge >= 0.3 is 0 Å². The largest absolute Gasteiger partial charge is 0.360 e. The monoisotopic (exact) mass is 458 g/mol. The van der Waals surface area contributed by atoms with Crippen molar-refractivity contribution >= 4 is 44.7 Å². The average Bonchev–Trinajstić information content (AvgIpc) is 3.22. The maximum absolute atomic E-state index is 12.3. The number of aryl methyl sites for hydroxylation is 1. The van der Waals surface area contributed by atoms with Crippen LogP contribution in [0.25, 0.3) is 20.8 Å². The van der Waals surface area contributed by atoms with Gasteiger partial charge in [0, 0.05) is 29.0 Å². The molecule has 0 aliphatic carbocycles. The maximum atomic E-state index is 12.3. The van der Waals surface area contributed by atoms with Crippen molar-refractivity contribution in [1.29, 1.82) is 5.26 Å². The summed E-state index contributed by atoms with van der Waals surface area (Å²) in [4.78, 5) is 17.0. The number of carbonyl (C=O) groups excluding carboxylic acids is 1. The first-order valence-corrected chi connectivity index (χ1v) is 11.1. The zero-order valence-corrected chi connectivity index (χ0v) is 18.8. The van der Waals surface area contributed by atoms with Crippen LogP contribution in [-0.2, 0) is 11.3 Å². The third kappa shape index (κ3) is 5.14. The smallest absolute Gasteiger partial charge is 0.263 e. The zero-order valence-electron chi connectivity index (χ0n) is 17.2. The number of nitrogens with zero attached hydrogens (tertiary/aromatic N) is 2. The van der Waals surface area contributed by atoms with E-state index in [-0.39, 0.29) is 5.57 Å². The van der Waals surface area contributed by atoms with Crippen molar-refractivity contribution in [3.8, 4) is 16.6 Å². The fourth-order valence-corrected chi connectivity index (χ4v) is 4.24. The number of carbonyl (C=O) groups is 1. The van der Waals surface area contributed by atoms with Crippen molar-refractivity contribution in [1.82, 2.24) is 10.3 Å². The molecule has 2 N–H and O–H groups in total. The maximum Gasteiger partial charge on any atom is 0.263 e. The number of rotatable bonds is 6. The number of nitrogens with one attached hydrogen (secondary N) is 2. The van der Waals surface area contributed by atoms with Gasteiger partial charge in [-0.15, -0.1) is 11.3 Å². The van der Waals surface area contributed by atoms with Gasteiger partial charge in [0.25, 0.3) is 5.91 Å². The Morgan fingerprint density at radius 1 is 1.12 bits per heavy atom. The highest BCUT2D eigenvalue weighted by Crippen LogP contribution is 2.31. The minimum Gasteiger partial charge on any atom is -0.360 e. The molecule has 0 aliphatic rings. The van der Waals surface area contributed by atoms with E-state index in [0.717, 1.165) is 32.0 Å². The lowest BCUT2D eigenvalue weighted by Crippen LogP contribution is -2.24. The third-order valence-electron chi connectivity index (χ3n) is 4.79. The van der Waals surface area contributed by atoms with E-state index in [2.05, 4.69) is 29.7 Å². The van der Waals surface area contributed by atoms with Crippen LogP contribution in [0.5, 0.6) is 0 Å². The fourth-order valence-electron chi connectivity index (χ4n) is 3.05. The number of halogens is 1. The van der Waals surface area contributed by atoms with Crippen LogP contribution in [-0.4, -0.2) is 10.9 Å². The second kappa shape index (κ2) is 9.65. The van der Waals surface area contributed by atoms with E-state index < -0.39 is 5.91 Å². The van der Waals surface area contributed by atoms with Crippen molar-refractivity contribution in [3.05, 3.63) is 94.7 Å². The standard InChI is InChI=1S/C25H19ClN4OS/c1-16-2-11-22-23(12-16)32-25(30-22)18-5-9-21(10-6-18)28-15-19(13-27)24(31)29-14-17-3-7-20(26)8-4-17/h2-12,15,28H,14H2,1H3,(H,29,31)/b19-15-. The minimum atomic E-state index is -0.448. The number of hydrogen-bond acceptors (Lipinski definition) is 5. The van der Waals surface area contributed by atoms with Crippen LogP contribution in [0.3, 0.4) is 0 Å². The van der Waals surface area contributed by atoms with Crippen LogP contribution < -0.4 is 10.6 Å². The number of aromatic nitrogens is 1. The summed E-state index contributed by atoms with van der Waals surface area (Å²) >= 11 is 7.52. The third-order valence-corrected chi connectivity index (χ3v) is 6.11. The van der Waals surface area contributed by atoms with Crippen molar-refractivity contribution < 1.29 is 4.79 Å². The van der Waals surface area contributed by atoms with E-state index >= 15 is 0 Å². The summed E-state index contributed by atoms with van der Waals surface area (Å²) in [5.74, 6) is -0.448. The van der Waals surface area contributed by atoms with Crippen LogP contribution >= 0.6 is 22.9 Å². The summed E-state index contributed by atoms with van der Waals surface area (Å²) < 4.78 is 1.16. The molecule has 0 aliphatic heterocycles. The summed E-state index contributed by atoms with van der Waals surface area (Å²) in [5.41, 5.74) is 4.87. The fraction of sp³-hybridized carbons (Fsp3) is 0.0800. The van der Waals surface area contributed by atoms with Gasteiger partial charge in [0.15, 0.2) is 0 Å². The van der Waals surface area contributed by atoms with Crippen molar-refractivity contribution in [2.24, 2.45) is 0 Å². The molecule has 0 fully saturated rings. The number of hydrogen-bond donors (Lipinski definition) is 2. The summed E-state index contributed by atoms with van der Waals surface area (Å²) in [6.45, 7) is 2.38. The molecule has 0 unspecified atom stereocenters. The van der Waals surface area contributed by atoms with Gasteiger partial charge in [-0.1, -0.05) is 29.8 Å². The van der Waals surface area contributed by atoms with E-state index in [9.17, 15) is 10.1 Å². The molecule has 158 valence electrons. The molecule has 0 saturated carbocycles. The molecule has 4 rings (SSSR count).